The van der Waals surface area contributed by atoms with Crippen LogP contribution in [0.15, 0.2) is 42.7 Å². The lowest BCUT2D eigenvalue weighted by Crippen LogP contribution is -2.20. The number of benzene rings is 1. The van der Waals surface area contributed by atoms with Crippen LogP contribution in [-0.2, 0) is 0 Å². The molecule has 0 aliphatic carbocycles. The Morgan fingerprint density at radius 1 is 1.39 bits per heavy atom. The molecule has 3 nitrogen and oxygen atoms in total. The topological polar surface area (TPSA) is 50.9 Å². The third-order valence-electron chi connectivity index (χ3n) is 2.53. The van der Waals surface area contributed by atoms with E-state index in [1.807, 2.05) is 12.1 Å². The van der Waals surface area contributed by atoms with Crippen LogP contribution in [0, 0.1) is 5.82 Å². The van der Waals surface area contributed by atoms with Crippen molar-refractivity contribution in [3.8, 4) is 0 Å². The maximum absolute atomic E-state index is 13.2. The molecule has 1 heterocycles. The highest BCUT2D eigenvalue weighted by atomic mass is 35.5. The number of hydrogen-bond donors (Lipinski definition) is 2. The fourth-order valence-electron chi connectivity index (χ4n) is 1.70. The second kappa shape index (κ2) is 5.80. The van der Waals surface area contributed by atoms with Gasteiger partial charge in [0.1, 0.15) is 5.82 Å². The van der Waals surface area contributed by atoms with Gasteiger partial charge in [0.2, 0.25) is 0 Å². The van der Waals surface area contributed by atoms with Crippen LogP contribution in [0.3, 0.4) is 0 Å². The molecule has 0 spiro atoms. The lowest BCUT2D eigenvalue weighted by Gasteiger charge is -2.18. The van der Waals surface area contributed by atoms with Crippen molar-refractivity contribution >= 4 is 17.3 Å². The summed E-state index contributed by atoms with van der Waals surface area (Å²) in [5.41, 5.74) is 7.25. The molecule has 94 valence electrons. The van der Waals surface area contributed by atoms with Gasteiger partial charge in [0, 0.05) is 29.6 Å². The molecule has 0 bridgehead atoms. The molecule has 1 aromatic heterocycles. The summed E-state index contributed by atoms with van der Waals surface area (Å²) in [6.07, 6.45) is 3.42. The number of aromatic nitrogens is 1. The van der Waals surface area contributed by atoms with Crippen LogP contribution >= 0.6 is 11.6 Å². The smallest absolute Gasteiger partial charge is 0.126 e. The Kier molecular flexibility index (Phi) is 4.12. The predicted octanol–water partition coefficient (Wildman–Crippen LogP) is 2.99. The molecule has 3 N–H and O–H groups in total. The van der Waals surface area contributed by atoms with Crippen LogP contribution in [0.25, 0.3) is 0 Å². The van der Waals surface area contributed by atoms with Crippen molar-refractivity contribution in [1.82, 2.24) is 4.98 Å². The van der Waals surface area contributed by atoms with Gasteiger partial charge in [-0.25, -0.2) is 4.39 Å². The third kappa shape index (κ3) is 3.18. The number of nitrogens with one attached hydrogen (secondary N) is 1. The minimum atomic E-state index is -0.382. The van der Waals surface area contributed by atoms with Gasteiger partial charge in [0.15, 0.2) is 0 Å². The number of hydrogen-bond acceptors (Lipinski definition) is 3. The van der Waals surface area contributed by atoms with Crippen molar-refractivity contribution in [1.29, 1.82) is 0 Å². The van der Waals surface area contributed by atoms with Gasteiger partial charge >= 0.3 is 0 Å². The largest absolute Gasteiger partial charge is 0.377 e. The summed E-state index contributed by atoms with van der Waals surface area (Å²) < 4.78 is 13.2. The van der Waals surface area contributed by atoms with Crippen LogP contribution in [0.1, 0.15) is 11.6 Å². The highest BCUT2D eigenvalue weighted by molar-refractivity contribution is 6.30. The number of anilines is 1. The Morgan fingerprint density at radius 2 is 2.22 bits per heavy atom. The SMILES string of the molecule is NCC(Nc1cc(F)cc(Cl)c1)c1cccnc1. The molecule has 0 saturated carbocycles. The molecule has 0 aliphatic heterocycles. The zero-order valence-electron chi connectivity index (χ0n) is 9.61. The van der Waals surface area contributed by atoms with E-state index in [-0.39, 0.29) is 11.9 Å². The molecule has 1 unspecified atom stereocenters. The van der Waals surface area contributed by atoms with E-state index >= 15 is 0 Å². The number of nitrogens with zero attached hydrogens (tertiary/aromatic N) is 1. The van der Waals surface area contributed by atoms with Gasteiger partial charge in [-0.15, -0.1) is 0 Å². The van der Waals surface area contributed by atoms with Crippen LogP contribution in [0.2, 0.25) is 5.02 Å². The Labute approximate surface area is 110 Å². The van der Waals surface area contributed by atoms with Crippen LogP contribution < -0.4 is 11.1 Å². The van der Waals surface area contributed by atoms with Crippen molar-refractivity contribution in [2.75, 3.05) is 11.9 Å². The summed E-state index contributed by atoms with van der Waals surface area (Å²) in [7, 11) is 0. The van der Waals surface area contributed by atoms with Gasteiger partial charge in [-0.05, 0) is 29.8 Å². The molecule has 18 heavy (non-hydrogen) atoms. The van der Waals surface area contributed by atoms with E-state index in [2.05, 4.69) is 10.3 Å². The molecule has 2 rings (SSSR count). The summed E-state index contributed by atoms with van der Waals surface area (Å²) in [6, 6.07) is 7.91. The Bertz CT molecular complexity index is 499. The first kappa shape index (κ1) is 12.8. The van der Waals surface area contributed by atoms with Gasteiger partial charge in [-0.2, -0.15) is 0 Å². The monoisotopic (exact) mass is 265 g/mol. The Morgan fingerprint density at radius 3 is 2.83 bits per heavy atom. The Balaban J connectivity index is 2.20. The van der Waals surface area contributed by atoms with Crippen molar-refractivity contribution in [3.05, 3.63) is 59.1 Å². The molecule has 1 aromatic carbocycles. The first-order valence-corrected chi connectivity index (χ1v) is 5.89. The Hall–Kier alpha value is -1.65. The molecular formula is C13H13ClFN3. The lowest BCUT2D eigenvalue weighted by atomic mass is 10.1. The van der Waals surface area contributed by atoms with Gasteiger partial charge in [-0.1, -0.05) is 17.7 Å². The molecular weight excluding hydrogens is 253 g/mol. The molecule has 5 heteroatoms. The highest BCUT2D eigenvalue weighted by Crippen LogP contribution is 2.22. The minimum Gasteiger partial charge on any atom is -0.377 e. The zero-order chi connectivity index (χ0) is 13.0. The number of halogens is 2. The predicted molar refractivity (Wildman–Crippen MR) is 71.1 cm³/mol. The van der Waals surface area contributed by atoms with Gasteiger partial charge in [0.25, 0.3) is 0 Å². The lowest BCUT2D eigenvalue weighted by molar-refractivity contribution is 0.627. The molecule has 0 saturated heterocycles. The zero-order valence-corrected chi connectivity index (χ0v) is 10.4. The third-order valence-corrected chi connectivity index (χ3v) is 2.74. The van der Waals surface area contributed by atoms with E-state index in [9.17, 15) is 4.39 Å². The molecule has 0 amide bonds. The van der Waals surface area contributed by atoms with Crippen LogP contribution in [0.4, 0.5) is 10.1 Å². The fraction of sp³-hybridized carbons (Fsp3) is 0.154. The number of rotatable bonds is 4. The van der Waals surface area contributed by atoms with Crippen molar-refractivity contribution in [3.63, 3.8) is 0 Å². The van der Waals surface area contributed by atoms with E-state index in [0.717, 1.165) is 5.56 Å². The standard InChI is InChI=1S/C13H13ClFN3/c14-10-4-11(15)6-12(5-10)18-13(7-16)9-2-1-3-17-8-9/h1-6,8,13,18H,7,16H2. The first-order chi connectivity index (χ1) is 8.69. The second-order valence-electron chi connectivity index (χ2n) is 3.88. The van der Waals surface area contributed by atoms with Crippen LogP contribution in [0.5, 0.6) is 0 Å². The van der Waals surface area contributed by atoms with Crippen molar-refractivity contribution in [2.24, 2.45) is 5.73 Å². The van der Waals surface area contributed by atoms with E-state index in [4.69, 9.17) is 17.3 Å². The first-order valence-electron chi connectivity index (χ1n) is 5.51. The fourth-order valence-corrected chi connectivity index (χ4v) is 1.92. The molecule has 1 atom stereocenters. The highest BCUT2D eigenvalue weighted by Gasteiger charge is 2.10. The maximum Gasteiger partial charge on any atom is 0.126 e. The van der Waals surface area contributed by atoms with E-state index in [1.54, 1.807) is 18.5 Å². The normalized spacial score (nSPS) is 12.2. The minimum absolute atomic E-state index is 0.128. The van der Waals surface area contributed by atoms with E-state index < -0.39 is 0 Å². The maximum atomic E-state index is 13.2. The van der Waals surface area contributed by atoms with Crippen molar-refractivity contribution < 1.29 is 4.39 Å². The molecule has 0 fully saturated rings. The second-order valence-corrected chi connectivity index (χ2v) is 4.31. The summed E-state index contributed by atoms with van der Waals surface area (Å²) in [4.78, 5) is 4.03. The average Bonchev–Trinajstić information content (AvgIpc) is 2.36. The van der Waals surface area contributed by atoms with Crippen LogP contribution in [-0.4, -0.2) is 11.5 Å². The quantitative estimate of drug-likeness (QED) is 0.894. The molecule has 0 radical (unpaired) electrons. The van der Waals surface area contributed by atoms with Gasteiger partial charge in [-0.3, -0.25) is 4.98 Å². The summed E-state index contributed by atoms with van der Waals surface area (Å²) in [6.45, 7) is 0.375. The summed E-state index contributed by atoms with van der Waals surface area (Å²) in [5.74, 6) is -0.382. The molecule has 2 aromatic rings. The van der Waals surface area contributed by atoms with E-state index in [1.165, 1.54) is 12.1 Å². The van der Waals surface area contributed by atoms with E-state index in [0.29, 0.717) is 17.3 Å². The molecule has 0 aliphatic rings. The van der Waals surface area contributed by atoms with Gasteiger partial charge < -0.3 is 11.1 Å². The average molecular weight is 266 g/mol. The summed E-state index contributed by atoms with van der Waals surface area (Å²) >= 11 is 5.80. The number of pyridine rings is 1. The van der Waals surface area contributed by atoms with Gasteiger partial charge in [0.05, 0.1) is 6.04 Å². The van der Waals surface area contributed by atoms with Crippen molar-refractivity contribution in [2.45, 2.75) is 6.04 Å². The number of nitrogens with two attached hydrogens (primary N) is 1. The summed E-state index contributed by atoms with van der Waals surface area (Å²) in [5, 5.41) is 3.48.